The first-order valence-corrected chi connectivity index (χ1v) is 7.62. The molecule has 0 radical (unpaired) electrons. The molecular formula is C17H26N2O. The summed E-state index contributed by atoms with van der Waals surface area (Å²) in [5.74, 6) is 1.42. The fourth-order valence-electron chi connectivity index (χ4n) is 3.16. The Morgan fingerprint density at radius 2 is 2.00 bits per heavy atom. The Balaban J connectivity index is 2.19. The van der Waals surface area contributed by atoms with Gasteiger partial charge in [-0.2, -0.15) is 0 Å². The molecule has 3 nitrogen and oxygen atoms in total. The van der Waals surface area contributed by atoms with Crippen molar-refractivity contribution < 1.29 is 4.79 Å². The first-order chi connectivity index (χ1) is 9.54. The third-order valence-corrected chi connectivity index (χ3v) is 4.85. The monoisotopic (exact) mass is 274 g/mol. The predicted octanol–water partition coefficient (Wildman–Crippen LogP) is 3.59. The Labute approximate surface area is 122 Å². The van der Waals surface area contributed by atoms with Crippen LogP contribution in [0.2, 0.25) is 0 Å². The molecule has 20 heavy (non-hydrogen) atoms. The molecule has 2 N–H and O–H groups in total. The maximum atomic E-state index is 11.9. The molecule has 110 valence electrons. The summed E-state index contributed by atoms with van der Waals surface area (Å²) >= 11 is 0. The lowest BCUT2D eigenvalue weighted by Crippen LogP contribution is -2.35. The normalized spacial score (nSPS) is 26.1. The topological polar surface area (TPSA) is 41.1 Å². The fourth-order valence-corrected chi connectivity index (χ4v) is 3.16. The van der Waals surface area contributed by atoms with Crippen LogP contribution in [-0.4, -0.2) is 19.0 Å². The summed E-state index contributed by atoms with van der Waals surface area (Å²) in [6.45, 7) is 6.69. The lowest BCUT2D eigenvalue weighted by molar-refractivity contribution is 0.0962. The molecule has 3 unspecified atom stereocenters. The molecular weight excluding hydrogens is 248 g/mol. The van der Waals surface area contributed by atoms with E-state index in [0.29, 0.717) is 12.0 Å². The number of amides is 1. The Kier molecular flexibility index (Phi) is 4.69. The van der Waals surface area contributed by atoms with E-state index in [2.05, 4.69) is 30.5 Å². The van der Waals surface area contributed by atoms with Gasteiger partial charge in [-0.15, -0.1) is 0 Å². The summed E-state index contributed by atoms with van der Waals surface area (Å²) in [6, 6.07) is 6.43. The Morgan fingerprint density at radius 3 is 2.70 bits per heavy atom. The number of rotatable bonds is 3. The number of hydrogen-bond donors (Lipinski definition) is 2. The van der Waals surface area contributed by atoms with Crippen LogP contribution < -0.4 is 10.6 Å². The largest absolute Gasteiger partial charge is 0.382 e. The van der Waals surface area contributed by atoms with Crippen LogP contribution in [0.5, 0.6) is 0 Å². The average Bonchev–Trinajstić information content (AvgIpc) is 2.45. The second-order valence-corrected chi connectivity index (χ2v) is 6.08. The second kappa shape index (κ2) is 6.29. The second-order valence-electron chi connectivity index (χ2n) is 6.08. The molecule has 1 saturated carbocycles. The quantitative estimate of drug-likeness (QED) is 0.884. The number of carbonyl (C=O) groups is 1. The third kappa shape index (κ3) is 2.97. The summed E-state index contributed by atoms with van der Waals surface area (Å²) in [7, 11) is 1.67. The number of carbonyl (C=O) groups excluding carboxylic acids is 1. The van der Waals surface area contributed by atoms with Crippen LogP contribution >= 0.6 is 0 Å². The van der Waals surface area contributed by atoms with Gasteiger partial charge in [0, 0.05) is 24.3 Å². The minimum absolute atomic E-state index is 0.0174. The van der Waals surface area contributed by atoms with E-state index < -0.39 is 0 Å². The number of hydrogen-bond acceptors (Lipinski definition) is 2. The highest BCUT2D eigenvalue weighted by Gasteiger charge is 2.27. The van der Waals surface area contributed by atoms with E-state index in [1.807, 2.05) is 19.1 Å². The zero-order valence-electron chi connectivity index (χ0n) is 13.0. The lowest BCUT2D eigenvalue weighted by atomic mass is 9.78. The Hall–Kier alpha value is -1.51. The molecule has 1 aromatic carbocycles. The molecule has 0 bridgehead atoms. The van der Waals surface area contributed by atoms with Crippen molar-refractivity contribution in [2.45, 2.75) is 46.1 Å². The van der Waals surface area contributed by atoms with Crippen LogP contribution in [0.1, 0.15) is 49.0 Å². The lowest BCUT2D eigenvalue weighted by Gasteiger charge is -2.35. The van der Waals surface area contributed by atoms with Crippen molar-refractivity contribution in [2.75, 3.05) is 12.4 Å². The highest BCUT2D eigenvalue weighted by molar-refractivity contribution is 5.96. The molecule has 1 fully saturated rings. The van der Waals surface area contributed by atoms with Gasteiger partial charge in [-0.25, -0.2) is 0 Å². The van der Waals surface area contributed by atoms with Gasteiger partial charge in [-0.05, 0) is 42.9 Å². The molecule has 1 aliphatic carbocycles. The molecule has 0 aromatic heterocycles. The van der Waals surface area contributed by atoms with Gasteiger partial charge in [0.15, 0.2) is 0 Å². The highest BCUT2D eigenvalue weighted by Crippen LogP contribution is 2.32. The summed E-state index contributed by atoms with van der Waals surface area (Å²) in [5, 5.41) is 6.37. The van der Waals surface area contributed by atoms with Gasteiger partial charge in [0.1, 0.15) is 0 Å². The van der Waals surface area contributed by atoms with Crippen molar-refractivity contribution in [2.24, 2.45) is 11.8 Å². The van der Waals surface area contributed by atoms with E-state index in [4.69, 9.17) is 0 Å². The van der Waals surface area contributed by atoms with Gasteiger partial charge < -0.3 is 10.6 Å². The van der Waals surface area contributed by atoms with Crippen LogP contribution in [0.15, 0.2) is 18.2 Å². The van der Waals surface area contributed by atoms with Gasteiger partial charge in [0.2, 0.25) is 0 Å². The third-order valence-electron chi connectivity index (χ3n) is 4.85. The number of nitrogens with one attached hydrogen (secondary N) is 2. The first kappa shape index (κ1) is 14.9. The molecule has 0 aliphatic heterocycles. The van der Waals surface area contributed by atoms with E-state index in [9.17, 15) is 4.79 Å². The van der Waals surface area contributed by atoms with Gasteiger partial charge in [-0.1, -0.05) is 32.8 Å². The van der Waals surface area contributed by atoms with Crippen LogP contribution in [0.3, 0.4) is 0 Å². The molecule has 0 heterocycles. The van der Waals surface area contributed by atoms with Gasteiger partial charge in [0.05, 0.1) is 0 Å². The van der Waals surface area contributed by atoms with Gasteiger partial charge in [-0.3, -0.25) is 4.79 Å². The first-order valence-electron chi connectivity index (χ1n) is 7.62. The zero-order chi connectivity index (χ0) is 14.7. The van der Waals surface area contributed by atoms with Gasteiger partial charge in [0.25, 0.3) is 5.91 Å². The van der Waals surface area contributed by atoms with E-state index in [1.165, 1.54) is 19.3 Å². The molecule has 1 aromatic rings. The maximum absolute atomic E-state index is 11.9. The van der Waals surface area contributed by atoms with E-state index in [1.54, 1.807) is 7.05 Å². The van der Waals surface area contributed by atoms with Crippen molar-refractivity contribution in [3.8, 4) is 0 Å². The molecule has 1 amide bonds. The molecule has 1 aliphatic rings. The minimum Gasteiger partial charge on any atom is -0.382 e. The Morgan fingerprint density at radius 1 is 1.25 bits per heavy atom. The Bertz CT molecular complexity index is 484. The maximum Gasteiger partial charge on any atom is 0.251 e. The van der Waals surface area contributed by atoms with Crippen LogP contribution in [0, 0.1) is 18.8 Å². The average molecular weight is 274 g/mol. The highest BCUT2D eigenvalue weighted by atomic mass is 16.1. The molecule has 3 heteroatoms. The summed E-state index contributed by atoms with van der Waals surface area (Å²) in [4.78, 5) is 11.9. The standard InChI is InChI=1S/C17H26N2O/c1-11-7-5-9-15(12(11)2)19-16-10-6-8-14(13(16)3)17(20)18-4/h6,8,10-12,15,19H,5,7,9H2,1-4H3,(H,18,20). The summed E-state index contributed by atoms with van der Waals surface area (Å²) in [5.41, 5.74) is 2.89. The molecule has 0 saturated heterocycles. The summed E-state index contributed by atoms with van der Waals surface area (Å²) in [6.07, 6.45) is 3.84. The van der Waals surface area contributed by atoms with Crippen LogP contribution in [-0.2, 0) is 0 Å². The molecule has 0 spiro atoms. The summed E-state index contributed by atoms with van der Waals surface area (Å²) < 4.78 is 0. The smallest absolute Gasteiger partial charge is 0.251 e. The van der Waals surface area contributed by atoms with Crippen molar-refractivity contribution >= 4 is 11.6 Å². The SMILES string of the molecule is CNC(=O)c1cccc(NC2CCCC(C)C2C)c1C. The predicted molar refractivity (Wildman–Crippen MR) is 84.2 cm³/mol. The van der Waals surface area contributed by atoms with Crippen molar-refractivity contribution in [3.05, 3.63) is 29.3 Å². The minimum atomic E-state index is -0.0174. The van der Waals surface area contributed by atoms with E-state index in [0.717, 1.165) is 22.7 Å². The van der Waals surface area contributed by atoms with E-state index >= 15 is 0 Å². The number of anilines is 1. The van der Waals surface area contributed by atoms with Crippen molar-refractivity contribution in [1.29, 1.82) is 0 Å². The fraction of sp³-hybridized carbons (Fsp3) is 0.588. The number of benzene rings is 1. The van der Waals surface area contributed by atoms with Crippen molar-refractivity contribution in [3.63, 3.8) is 0 Å². The van der Waals surface area contributed by atoms with E-state index in [-0.39, 0.29) is 5.91 Å². The van der Waals surface area contributed by atoms with Crippen molar-refractivity contribution in [1.82, 2.24) is 5.32 Å². The van der Waals surface area contributed by atoms with Crippen LogP contribution in [0.4, 0.5) is 5.69 Å². The molecule has 2 rings (SSSR count). The molecule has 3 atom stereocenters. The zero-order valence-corrected chi connectivity index (χ0v) is 13.0. The van der Waals surface area contributed by atoms with Gasteiger partial charge >= 0.3 is 0 Å². The van der Waals surface area contributed by atoms with Crippen LogP contribution in [0.25, 0.3) is 0 Å².